The Morgan fingerprint density at radius 1 is 1.50 bits per heavy atom. The third-order valence-corrected chi connectivity index (χ3v) is 3.71. The Balaban J connectivity index is 2.28. The molecule has 0 radical (unpaired) electrons. The van der Waals surface area contributed by atoms with Gasteiger partial charge in [-0.2, -0.15) is 0 Å². The van der Waals surface area contributed by atoms with E-state index in [0.29, 0.717) is 22.9 Å². The quantitative estimate of drug-likeness (QED) is 0.738. The lowest BCUT2D eigenvalue weighted by atomic mass is 10.3. The summed E-state index contributed by atoms with van der Waals surface area (Å²) in [6.07, 6.45) is 3.97. The molecule has 2 N–H and O–H groups in total. The molecule has 3 heterocycles. The van der Waals surface area contributed by atoms with Crippen molar-refractivity contribution < 1.29 is 8.94 Å². The predicted molar refractivity (Wildman–Crippen MR) is 61.2 cm³/mol. The second kappa shape index (κ2) is 3.34. The van der Waals surface area contributed by atoms with Crippen molar-refractivity contribution in [3.63, 3.8) is 0 Å². The number of aryl methyl sites for hydroxylation is 1. The summed E-state index contributed by atoms with van der Waals surface area (Å²) in [4.78, 5) is 5.15. The van der Waals surface area contributed by atoms with Crippen molar-refractivity contribution in [3.8, 4) is 11.6 Å². The number of nitrogens with two attached hydrogens (primary N) is 1. The molecule has 16 heavy (non-hydrogen) atoms. The van der Waals surface area contributed by atoms with Crippen LogP contribution in [-0.2, 0) is 6.42 Å². The summed E-state index contributed by atoms with van der Waals surface area (Å²) in [5.41, 5.74) is 7.87. The summed E-state index contributed by atoms with van der Waals surface area (Å²) >= 11 is 1.57. The fourth-order valence-corrected chi connectivity index (χ4v) is 2.65. The molecule has 0 aliphatic carbocycles. The molecule has 3 rings (SSSR count). The number of aromatic nitrogens is 2. The highest BCUT2D eigenvalue weighted by molar-refractivity contribution is 7.20. The van der Waals surface area contributed by atoms with Crippen LogP contribution in [-0.4, -0.2) is 10.1 Å². The largest absolute Gasteiger partial charge is 0.443 e. The highest BCUT2D eigenvalue weighted by atomic mass is 32.1. The van der Waals surface area contributed by atoms with Gasteiger partial charge in [-0.15, -0.1) is 11.3 Å². The lowest BCUT2D eigenvalue weighted by Crippen LogP contribution is -1.85. The van der Waals surface area contributed by atoms with Gasteiger partial charge in [0.2, 0.25) is 11.5 Å². The molecular weight excluding hydrogens is 226 g/mol. The van der Waals surface area contributed by atoms with Gasteiger partial charge in [0.25, 0.3) is 0 Å². The molecule has 0 fully saturated rings. The molecule has 0 saturated heterocycles. The topological polar surface area (TPSA) is 78.1 Å². The molecule has 0 aromatic carbocycles. The molecule has 3 aromatic heterocycles. The Hall–Kier alpha value is -1.82. The molecule has 0 saturated carbocycles. The number of thiophene rings is 1. The van der Waals surface area contributed by atoms with Crippen molar-refractivity contribution in [2.24, 2.45) is 0 Å². The standard InChI is InChI=1S/C10H9N3O2S/c1-2-5-6(11)8-9(16-5)7(13-15-8)10-12-3-4-14-10/h3-4H,2,11H2,1H3. The highest BCUT2D eigenvalue weighted by Crippen LogP contribution is 2.39. The van der Waals surface area contributed by atoms with E-state index in [4.69, 9.17) is 14.7 Å². The molecule has 5 nitrogen and oxygen atoms in total. The van der Waals surface area contributed by atoms with Crippen molar-refractivity contribution in [1.29, 1.82) is 0 Å². The summed E-state index contributed by atoms with van der Waals surface area (Å²) in [6.45, 7) is 2.05. The average molecular weight is 235 g/mol. The Morgan fingerprint density at radius 3 is 3.06 bits per heavy atom. The molecule has 6 heteroatoms. The van der Waals surface area contributed by atoms with Gasteiger partial charge in [0.05, 0.1) is 11.9 Å². The maximum absolute atomic E-state index is 5.94. The van der Waals surface area contributed by atoms with Crippen LogP contribution in [0.2, 0.25) is 0 Å². The maximum atomic E-state index is 5.94. The Morgan fingerprint density at radius 2 is 2.38 bits per heavy atom. The smallest absolute Gasteiger partial charge is 0.250 e. The first kappa shape index (κ1) is 9.41. The lowest BCUT2D eigenvalue weighted by molar-refractivity contribution is 0.454. The van der Waals surface area contributed by atoms with Crippen LogP contribution >= 0.6 is 11.3 Å². The molecule has 0 spiro atoms. The predicted octanol–water partition coefficient (Wildman–Crippen LogP) is 2.69. The third kappa shape index (κ3) is 1.16. The molecular formula is C10H9N3O2S. The van der Waals surface area contributed by atoms with E-state index in [9.17, 15) is 0 Å². The Labute approximate surface area is 94.9 Å². The molecule has 0 amide bonds. The first-order chi connectivity index (χ1) is 7.81. The zero-order valence-corrected chi connectivity index (χ0v) is 9.37. The van der Waals surface area contributed by atoms with E-state index in [1.807, 2.05) is 0 Å². The Kier molecular flexibility index (Phi) is 1.97. The van der Waals surface area contributed by atoms with Gasteiger partial charge in [-0.05, 0) is 6.42 Å². The van der Waals surface area contributed by atoms with Crippen LogP contribution in [0, 0.1) is 0 Å². The monoisotopic (exact) mass is 235 g/mol. The second-order valence-electron chi connectivity index (χ2n) is 3.32. The van der Waals surface area contributed by atoms with Crippen LogP contribution in [0.3, 0.4) is 0 Å². The van der Waals surface area contributed by atoms with Crippen LogP contribution in [0.4, 0.5) is 5.69 Å². The van der Waals surface area contributed by atoms with Gasteiger partial charge in [-0.1, -0.05) is 12.1 Å². The lowest BCUT2D eigenvalue weighted by Gasteiger charge is -1.89. The van der Waals surface area contributed by atoms with Crippen molar-refractivity contribution in [3.05, 3.63) is 17.3 Å². The zero-order chi connectivity index (χ0) is 11.1. The van der Waals surface area contributed by atoms with Crippen LogP contribution in [0.25, 0.3) is 21.9 Å². The Bertz CT molecular complexity index is 624. The van der Waals surface area contributed by atoms with Crippen LogP contribution < -0.4 is 5.73 Å². The van der Waals surface area contributed by atoms with E-state index < -0.39 is 0 Å². The SMILES string of the molecule is CCc1sc2c(-c3ncco3)noc2c1N. The van der Waals surface area contributed by atoms with Gasteiger partial charge < -0.3 is 14.7 Å². The van der Waals surface area contributed by atoms with Crippen LogP contribution in [0.1, 0.15) is 11.8 Å². The van der Waals surface area contributed by atoms with E-state index >= 15 is 0 Å². The number of hydrogen-bond acceptors (Lipinski definition) is 6. The number of nitrogen functional groups attached to an aromatic ring is 1. The van der Waals surface area contributed by atoms with E-state index in [0.717, 1.165) is 16.0 Å². The van der Waals surface area contributed by atoms with Gasteiger partial charge in [-0.3, -0.25) is 0 Å². The van der Waals surface area contributed by atoms with E-state index in [-0.39, 0.29) is 0 Å². The summed E-state index contributed by atoms with van der Waals surface area (Å²) in [5, 5.41) is 3.93. The fraction of sp³-hybridized carbons (Fsp3) is 0.200. The van der Waals surface area contributed by atoms with Crippen LogP contribution in [0.15, 0.2) is 21.4 Å². The number of fused-ring (bicyclic) bond motifs is 1. The first-order valence-electron chi connectivity index (χ1n) is 4.87. The number of oxazole rings is 1. The van der Waals surface area contributed by atoms with E-state index in [1.54, 1.807) is 17.5 Å². The van der Waals surface area contributed by atoms with Gasteiger partial charge in [0.15, 0.2) is 5.69 Å². The van der Waals surface area contributed by atoms with Gasteiger partial charge in [-0.25, -0.2) is 4.98 Å². The maximum Gasteiger partial charge on any atom is 0.250 e. The zero-order valence-electron chi connectivity index (χ0n) is 8.56. The van der Waals surface area contributed by atoms with Crippen molar-refractivity contribution in [2.75, 3.05) is 5.73 Å². The minimum Gasteiger partial charge on any atom is -0.443 e. The molecule has 3 aromatic rings. The van der Waals surface area contributed by atoms with Crippen molar-refractivity contribution >= 4 is 27.3 Å². The normalized spacial score (nSPS) is 11.3. The first-order valence-corrected chi connectivity index (χ1v) is 5.69. The van der Waals surface area contributed by atoms with Gasteiger partial charge >= 0.3 is 0 Å². The fourth-order valence-electron chi connectivity index (χ4n) is 1.59. The van der Waals surface area contributed by atoms with Crippen LogP contribution in [0.5, 0.6) is 0 Å². The number of anilines is 1. The van der Waals surface area contributed by atoms with Crippen molar-refractivity contribution in [1.82, 2.24) is 10.1 Å². The summed E-state index contributed by atoms with van der Waals surface area (Å²) in [5.74, 6) is 0.461. The molecule has 0 bridgehead atoms. The second-order valence-corrected chi connectivity index (χ2v) is 4.42. The number of hydrogen-bond donors (Lipinski definition) is 1. The summed E-state index contributed by atoms with van der Waals surface area (Å²) in [6, 6.07) is 0. The average Bonchev–Trinajstić information content (AvgIpc) is 2.96. The number of rotatable bonds is 2. The molecule has 0 atom stereocenters. The van der Waals surface area contributed by atoms with Crippen molar-refractivity contribution in [2.45, 2.75) is 13.3 Å². The van der Waals surface area contributed by atoms with Gasteiger partial charge in [0.1, 0.15) is 11.0 Å². The molecule has 0 aliphatic rings. The minimum atomic E-state index is 0.461. The molecule has 0 aliphatic heterocycles. The highest BCUT2D eigenvalue weighted by Gasteiger charge is 2.20. The van der Waals surface area contributed by atoms with E-state index in [2.05, 4.69) is 17.1 Å². The van der Waals surface area contributed by atoms with Gasteiger partial charge in [0, 0.05) is 4.88 Å². The number of nitrogens with zero attached hydrogens (tertiary/aromatic N) is 2. The minimum absolute atomic E-state index is 0.461. The third-order valence-electron chi connectivity index (χ3n) is 2.38. The molecule has 0 unspecified atom stereocenters. The molecule has 82 valence electrons. The van der Waals surface area contributed by atoms with E-state index in [1.165, 1.54) is 6.26 Å². The summed E-state index contributed by atoms with van der Waals surface area (Å²) in [7, 11) is 0. The summed E-state index contributed by atoms with van der Waals surface area (Å²) < 4.78 is 11.3.